The molecule has 1 rings (SSSR count). The number of aliphatic hydroxyl groups is 1. The van der Waals surface area contributed by atoms with Crippen molar-refractivity contribution >= 4 is 5.97 Å². The zero-order valence-corrected chi connectivity index (χ0v) is 9.31. The van der Waals surface area contributed by atoms with E-state index in [2.05, 4.69) is 5.32 Å². The molecule has 0 bridgehead atoms. The molecule has 1 unspecified atom stereocenters. The molecule has 0 fully saturated rings. The Labute approximate surface area is 94.4 Å². The average molecular weight is 227 g/mol. The fourth-order valence-corrected chi connectivity index (χ4v) is 1.26. The summed E-state index contributed by atoms with van der Waals surface area (Å²) in [6.07, 6.45) is 0.874. The first-order chi connectivity index (χ1) is 7.72. The molecule has 1 aromatic heterocycles. The fourth-order valence-electron chi connectivity index (χ4n) is 1.26. The second kappa shape index (κ2) is 7.03. The molecule has 0 saturated heterocycles. The third kappa shape index (κ3) is 4.95. The number of carbonyl (C=O) groups excluding carboxylic acids is 1. The lowest BCUT2D eigenvalue weighted by Crippen LogP contribution is -2.28. The van der Waals surface area contributed by atoms with Crippen LogP contribution in [-0.4, -0.2) is 30.3 Å². The fraction of sp³-hybridized carbons (Fsp3) is 0.545. The van der Waals surface area contributed by atoms with E-state index in [-0.39, 0.29) is 12.4 Å². The van der Waals surface area contributed by atoms with Crippen LogP contribution in [0.2, 0.25) is 0 Å². The predicted molar refractivity (Wildman–Crippen MR) is 57.7 cm³/mol. The van der Waals surface area contributed by atoms with Gasteiger partial charge < -0.3 is 19.6 Å². The van der Waals surface area contributed by atoms with Gasteiger partial charge in [-0.1, -0.05) is 0 Å². The van der Waals surface area contributed by atoms with Crippen LogP contribution in [-0.2, 0) is 16.1 Å². The standard InChI is InChI=1S/C11H17NO4/c1-2-15-11(14)6-9(13)7-12-8-10-4-3-5-16-10/h3-5,9,12-13H,2,6-8H2,1H3. The van der Waals surface area contributed by atoms with E-state index < -0.39 is 6.10 Å². The Morgan fingerprint density at radius 2 is 2.50 bits per heavy atom. The zero-order chi connectivity index (χ0) is 11.8. The average Bonchev–Trinajstić information content (AvgIpc) is 2.70. The number of rotatable bonds is 7. The van der Waals surface area contributed by atoms with Crippen LogP contribution in [0, 0.1) is 0 Å². The van der Waals surface area contributed by atoms with Crippen LogP contribution < -0.4 is 5.32 Å². The van der Waals surface area contributed by atoms with Gasteiger partial charge in [0, 0.05) is 6.54 Å². The Kier molecular flexibility index (Phi) is 5.60. The first-order valence-electron chi connectivity index (χ1n) is 5.29. The number of nitrogens with one attached hydrogen (secondary N) is 1. The smallest absolute Gasteiger partial charge is 0.308 e. The van der Waals surface area contributed by atoms with Gasteiger partial charge in [0.25, 0.3) is 0 Å². The third-order valence-corrected chi connectivity index (χ3v) is 1.97. The summed E-state index contributed by atoms with van der Waals surface area (Å²) >= 11 is 0. The first-order valence-corrected chi connectivity index (χ1v) is 5.29. The highest BCUT2D eigenvalue weighted by molar-refractivity contribution is 5.69. The largest absolute Gasteiger partial charge is 0.468 e. The van der Waals surface area contributed by atoms with E-state index >= 15 is 0 Å². The van der Waals surface area contributed by atoms with Crippen LogP contribution in [0.25, 0.3) is 0 Å². The normalized spacial score (nSPS) is 12.4. The Morgan fingerprint density at radius 1 is 1.69 bits per heavy atom. The molecule has 5 heteroatoms. The summed E-state index contributed by atoms with van der Waals surface area (Å²) in [5.74, 6) is 0.415. The maximum atomic E-state index is 11.0. The number of carbonyl (C=O) groups is 1. The summed E-state index contributed by atoms with van der Waals surface area (Å²) in [6.45, 7) is 2.94. The maximum absolute atomic E-state index is 11.0. The van der Waals surface area contributed by atoms with Gasteiger partial charge in [0.05, 0.1) is 31.9 Å². The number of esters is 1. The predicted octanol–water partition coefficient (Wildman–Crippen LogP) is 0.683. The van der Waals surface area contributed by atoms with E-state index in [1.54, 1.807) is 19.3 Å². The minimum absolute atomic E-state index is 0.0129. The molecule has 0 aliphatic heterocycles. The van der Waals surface area contributed by atoms with Gasteiger partial charge in [-0.25, -0.2) is 0 Å². The number of hydrogen-bond donors (Lipinski definition) is 2. The van der Waals surface area contributed by atoms with Gasteiger partial charge in [-0.05, 0) is 19.1 Å². The summed E-state index contributed by atoms with van der Waals surface area (Å²) in [4.78, 5) is 11.0. The van der Waals surface area contributed by atoms with E-state index in [1.807, 2.05) is 6.07 Å². The SMILES string of the molecule is CCOC(=O)CC(O)CNCc1ccco1. The zero-order valence-electron chi connectivity index (χ0n) is 9.31. The van der Waals surface area contributed by atoms with E-state index in [9.17, 15) is 9.90 Å². The Hall–Kier alpha value is -1.33. The van der Waals surface area contributed by atoms with Crippen molar-refractivity contribution in [3.8, 4) is 0 Å². The minimum atomic E-state index is -0.728. The van der Waals surface area contributed by atoms with Gasteiger partial charge in [-0.2, -0.15) is 0 Å². The molecule has 0 spiro atoms. The van der Waals surface area contributed by atoms with Crippen molar-refractivity contribution in [1.29, 1.82) is 0 Å². The van der Waals surface area contributed by atoms with Gasteiger partial charge in [0.2, 0.25) is 0 Å². The highest BCUT2D eigenvalue weighted by atomic mass is 16.5. The molecule has 1 aromatic rings. The molecule has 1 heterocycles. The monoisotopic (exact) mass is 227 g/mol. The first kappa shape index (κ1) is 12.7. The molecule has 90 valence electrons. The quantitative estimate of drug-likeness (QED) is 0.670. The van der Waals surface area contributed by atoms with Gasteiger partial charge in [-0.3, -0.25) is 4.79 Å². The van der Waals surface area contributed by atoms with Crippen molar-refractivity contribution in [2.45, 2.75) is 26.0 Å². The molecule has 1 atom stereocenters. The summed E-state index contributed by atoms with van der Waals surface area (Å²) < 4.78 is 9.82. The van der Waals surface area contributed by atoms with E-state index in [1.165, 1.54) is 0 Å². The Bertz CT molecular complexity index is 297. The lowest BCUT2D eigenvalue weighted by atomic mass is 10.2. The molecule has 0 saturated carbocycles. The molecule has 5 nitrogen and oxygen atoms in total. The van der Waals surface area contributed by atoms with Gasteiger partial charge in [-0.15, -0.1) is 0 Å². The summed E-state index contributed by atoms with van der Waals surface area (Å²) in [7, 11) is 0. The molecule has 0 amide bonds. The van der Waals surface area contributed by atoms with Crippen LogP contribution in [0.3, 0.4) is 0 Å². The van der Waals surface area contributed by atoms with Crippen molar-refractivity contribution < 1.29 is 19.1 Å². The van der Waals surface area contributed by atoms with E-state index in [0.717, 1.165) is 5.76 Å². The van der Waals surface area contributed by atoms with Gasteiger partial charge in [0.15, 0.2) is 0 Å². The van der Waals surface area contributed by atoms with Gasteiger partial charge in [0.1, 0.15) is 5.76 Å². The number of ether oxygens (including phenoxy) is 1. The van der Waals surface area contributed by atoms with E-state index in [4.69, 9.17) is 9.15 Å². The van der Waals surface area contributed by atoms with Crippen LogP contribution in [0.15, 0.2) is 22.8 Å². The summed E-state index contributed by atoms with van der Waals surface area (Å²) in [5, 5.41) is 12.5. The Balaban J connectivity index is 2.10. The summed E-state index contributed by atoms with van der Waals surface area (Å²) in [6, 6.07) is 3.64. The minimum Gasteiger partial charge on any atom is -0.468 e. The van der Waals surface area contributed by atoms with Crippen molar-refractivity contribution in [1.82, 2.24) is 5.32 Å². The van der Waals surface area contributed by atoms with E-state index in [0.29, 0.717) is 19.7 Å². The molecular weight excluding hydrogens is 210 g/mol. The second-order valence-corrected chi connectivity index (χ2v) is 3.37. The number of aliphatic hydroxyl groups excluding tert-OH is 1. The lowest BCUT2D eigenvalue weighted by molar-refractivity contribution is -0.145. The Morgan fingerprint density at radius 3 is 3.12 bits per heavy atom. The van der Waals surface area contributed by atoms with Gasteiger partial charge >= 0.3 is 5.97 Å². The van der Waals surface area contributed by atoms with Crippen LogP contribution in [0.4, 0.5) is 0 Å². The number of hydrogen-bond acceptors (Lipinski definition) is 5. The lowest BCUT2D eigenvalue weighted by Gasteiger charge is -2.10. The third-order valence-electron chi connectivity index (χ3n) is 1.97. The highest BCUT2D eigenvalue weighted by Crippen LogP contribution is 1.99. The molecular formula is C11H17NO4. The van der Waals surface area contributed by atoms with Crippen molar-refractivity contribution in [2.75, 3.05) is 13.2 Å². The van der Waals surface area contributed by atoms with Crippen molar-refractivity contribution in [2.24, 2.45) is 0 Å². The molecule has 16 heavy (non-hydrogen) atoms. The van der Waals surface area contributed by atoms with Crippen molar-refractivity contribution in [3.05, 3.63) is 24.2 Å². The number of furan rings is 1. The van der Waals surface area contributed by atoms with Crippen LogP contribution in [0.1, 0.15) is 19.1 Å². The maximum Gasteiger partial charge on any atom is 0.308 e. The molecule has 0 aromatic carbocycles. The van der Waals surface area contributed by atoms with Crippen molar-refractivity contribution in [3.63, 3.8) is 0 Å². The molecule has 0 radical (unpaired) electrons. The molecule has 0 aliphatic rings. The highest BCUT2D eigenvalue weighted by Gasteiger charge is 2.11. The second-order valence-electron chi connectivity index (χ2n) is 3.37. The topological polar surface area (TPSA) is 71.7 Å². The molecule has 0 aliphatic carbocycles. The summed E-state index contributed by atoms with van der Waals surface area (Å²) in [5.41, 5.74) is 0. The van der Waals surface area contributed by atoms with Crippen LogP contribution >= 0.6 is 0 Å². The molecule has 2 N–H and O–H groups in total. The van der Waals surface area contributed by atoms with Crippen LogP contribution in [0.5, 0.6) is 0 Å².